The van der Waals surface area contributed by atoms with E-state index in [2.05, 4.69) is 19.0 Å². The minimum atomic E-state index is -0.155. The fraction of sp³-hybridized carbons (Fsp3) is 0.647. The third-order valence-corrected chi connectivity index (χ3v) is 5.25. The van der Waals surface area contributed by atoms with Crippen LogP contribution in [0.4, 0.5) is 4.39 Å². The van der Waals surface area contributed by atoms with Gasteiger partial charge in [0.1, 0.15) is 11.6 Å². The van der Waals surface area contributed by atoms with E-state index in [4.69, 9.17) is 0 Å². The summed E-state index contributed by atoms with van der Waals surface area (Å²) < 4.78 is 14.2. The van der Waals surface area contributed by atoms with Gasteiger partial charge in [0.25, 0.3) is 0 Å². The summed E-state index contributed by atoms with van der Waals surface area (Å²) in [5.41, 5.74) is 0.730. The summed E-state index contributed by atoms with van der Waals surface area (Å²) in [5, 5.41) is 9.71. The highest BCUT2D eigenvalue weighted by Crippen LogP contribution is 2.52. The van der Waals surface area contributed by atoms with Crippen LogP contribution in [0.1, 0.15) is 37.2 Å². The predicted octanol–water partition coefficient (Wildman–Crippen LogP) is 3.61. The fourth-order valence-corrected chi connectivity index (χ4v) is 4.45. The average Bonchev–Trinajstić information content (AvgIpc) is 2.79. The number of rotatable bonds is 3. The van der Waals surface area contributed by atoms with E-state index < -0.39 is 0 Å². The molecule has 2 aliphatic rings. The fourth-order valence-electron chi connectivity index (χ4n) is 4.45. The van der Waals surface area contributed by atoms with E-state index in [1.165, 1.54) is 31.4 Å². The van der Waals surface area contributed by atoms with E-state index in [-0.39, 0.29) is 17.5 Å². The van der Waals surface area contributed by atoms with Crippen molar-refractivity contribution >= 4 is 0 Å². The van der Waals surface area contributed by atoms with Crippen LogP contribution in [0.5, 0.6) is 5.75 Å². The Bertz CT molecular complexity index is 488. The SMILES string of the molecule is CN(C)C[C@H]1C2CCC(C2)C[C@H]1c1cc(O)ccc1F. The molecule has 1 N–H and O–H groups in total. The van der Waals surface area contributed by atoms with Crippen molar-refractivity contribution in [3.63, 3.8) is 0 Å². The van der Waals surface area contributed by atoms with E-state index in [0.717, 1.165) is 30.4 Å². The first-order valence-corrected chi connectivity index (χ1v) is 7.67. The number of nitrogens with zero attached hydrogens (tertiary/aromatic N) is 1. The second-order valence-corrected chi connectivity index (χ2v) is 6.91. The van der Waals surface area contributed by atoms with Crippen molar-refractivity contribution in [2.75, 3.05) is 20.6 Å². The maximum Gasteiger partial charge on any atom is 0.126 e. The second-order valence-electron chi connectivity index (χ2n) is 6.91. The Balaban J connectivity index is 1.94. The van der Waals surface area contributed by atoms with Gasteiger partial charge in [-0.05, 0) is 80.8 Å². The van der Waals surface area contributed by atoms with Crippen LogP contribution in [-0.4, -0.2) is 30.6 Å². The molecule has 3 heteroatoms. The minimum Gasteiger partial charge on any atom is -0.508 e. The first-order chi connectivity index (χ1) is 9.54. The summed E-state index contributed by atoms with van der Waals surface area (Å²) >= 11 is 0. The summed E-state index contributed by atoms with van der Waals surface area (Å²) in [6.07, 6.45) is 4.98. The molecule has 2 unspecified atom stereocenters. The average molecular weight is 277 g/mol. The summed E-state index contributed by atoms with van der Waals surface area (Å²) in [4.78, 5) is 2.22. The van der Waals surface area contributed by atoms with Crippen LogP contribution in [0.2, 0.25) is 0 Å². The van der Waals surface area contributed by atoms with Gasteiger partial charge in [-0.2, -0.15) is 0 Å². The summed E-state index contributed by atoms with van der Waals surface area (Å²) in [6, 6.07) is 4.50. The number of aromatic hydroxyl groups is 1. The highest BCUT2D eigenvalue weighted by molar-refractivity contribution is 5.32. The van der Waals surface area contributed by atoms with Crippen LogP contribution in [0.15, 0.2) is 18.2 Å². The topological polar surface area (TPSA) is 23.5 Å². The Labute approximate surface area is 120 Å². The molecule has 4 atom stereocenters. The van der Waals surface area contributed by atoms with Crippen molar-refractivity contribution in [3.8, 4) is 5.75 Å². The smallest absolute Gasteiger partial charge is 0.126 e. The molecule has 0 saturated heterocycles. The molecule has 20 heavy (non-hydrogen) atoms. The van der Waals surface area contributed by atoms with E-state index in [0.29, 0.717) is 5.92 Å². The molecule has 2 bridgehead atoms. The third kappa shape index (κ3) is 2.56. The van der Waals surface area contributed by atoms with Crippen LogP contribution in [0.25, 0.3) is 0 Å². The zero-order chi connectivity index (χ0) is 14.3. The Morgan fingerprint density at radius 1 is 1.25 bits per heavy atom. The van der Waals surface area contributed by atoms with Crippen molar-refractivity contribution in [3.05, 3.63) is 29.6 Å². The van der Waals surface area contributed by atoms with Crippen molar-refractivity contribution in [1.29, 1.82) is 0 Å². The molecule has 2 nitrogen and oxygen atoms in total. The van der Waals surface area contributed by atoms with Gasteiger partial charge in [-0.25, -0.2) is 4.39 Å². The third-order valence-electron chi connectivity index (χ3n) is 5.25. The lowest BCUT2D eigenvalue weighted by atomic mass is 9.69. The number of benzene rings is 1. The molecule has 110 valence electrons. The van der Waals surface area contributed by atoms with Crippen molar-refractivity contribution in [2.45, 2.75) is 31.6 Å². The molecular weight excluding hydrogens is 253 g/mol. The van der Waals surface area contributed by atoms with Crippen LogP contribution >= 0.6 is 0 Å². The Morgan fingerprint density at radius 3 is 2.80 bits per heavy atom. The molecule has 3 rings (SSSR count). The number of phenolic OH excluding ortho intramolecular Hbond substituents is 1. The van der Waals surface area contributed by atoms with Gasteiger partial charge in [0, 0.05) is 6.54 Å². The standard InChI is InChI=1S/C17H24FNO/c1-19(2)10-16-12-4-3-11(7-12)8-14(16)15-9-13(20)5-6-17(15)18/h5-6,9,11-12,14,16,20H,3-4,7-8,10H2,1-2H3/t11?,12?,14-,16-/m0/s1. The monoisotopic (exact) mass is 277 g/mol. The molecule has 0 radical (unpaired) electrons. The second kappa shape index (κ2) is 5.36. The molecule has 0 aliphatic heterocycles. The number of hydrogen-bond donors (Lipinski definition) is 1. The molecule has 0 amide bonds. The molecule has 0 heterocycles. The maximum atomic E-state index is 14.2. The van der Waals surface area contributed by atoms with Crippen LogP contribution in [0.3, 0.4) is 0 Å². The van der Waals surface area contributed by atoms with Gasteiger partial charge in [0.05, 0.1) is 0 Å². The summed E-state index contributed by atoms with van der Waals surface area (Å²) in [7, 11) is 4.19. The Kier molecular flexibility index (Phi) is 3.72. The van der Waals surface area contributed by atoms with Crippen LogP contribution in [-0.2, 0) is 0 Å². The lowest BCUT2D eigenvalue weighted by molar-refractivity contribution is 0.162. The van der Waals surface area contributed by atoms with Crippen molar-refractivity contribution in [1.82, 2.24) is 4.90 Å². The number of phenols is 1. The van der Waals surface area contributed by atoms with E-state index >= 15 is 0 Å². The van der Waals surface area contributed by atoms with Gasteiger partial charge in [-0.1, -0.05) is 6.42 Å². The number of hydrogen-bond acceptors (Lipinski definition) is 2. The van der Waals surface area contributed by atoms with Crippen LogP contribution in [0, 0.1) is 23.6 Å². The zero-order valence-electron chi connectivity index (χ0n) is 12.3. The number of fused-ring (bicyclic) bond motifs is 2. The van der Waals surface area contributed by atoms with Gasteiger partial charge < -0.3 is 10.0 Å². The van der Waals surface area contributed by atoms with Crippen molar-refractivity contribution in [2.24, 2.45) is 17.8 Å². The first-order valence-electron chi connectivity index (χ1n) is 7.67. The molecular formula is C17H24FNO. The van der Waals surface area contributed by atoms with Crippen LogP contribution < -0.4 is 0 Å². The van der Waals surface area contributed by atoms with Gasteiger partial charge in [-0.3, -0.25) is 0 Å². The largest absolute Gasteiger partial charge is 0.508 e. The molecule has 0 spiro atoms. The maximum absolute atomic E-state index is 14.2. The van der Waals surface area contributed by atoms with Gasteiger partial charge in [0.15, 0.2) is 0 Å². The van der Waals surface area contributed by atoms with E-state index in [1.54, 1.807) is 6.07 Å². The highest BCUT2D eigenvalue weighted by Gasteiger charge is 2.43. The van der Waals surface area contributed by atoms with Gasteiger partial charge in [0.2, 0.25) is 0 Å². The number of halogens is 1. The Hall–Kier alpha value is -1.09. The van der Waals surface area contributed by atoms with Gasteiger partial charge >= 0.3 is 0 Å². The molecule has 0 aromatic heterocycles. The minimum absolute atomic E-state index is 0.155. The highest BCUT2D eigenvalue weighted by atomic mass is 19.1. The quantitative estimate of drug-likeness (QED) is 0.912. The summed E-state index contributed by atoms with van der Waals surface area (Å²) in [6.45, 7) is 1.01. The van der Waals surface area contributed by atoms with Gasteiger partial charge in [-0.15, -0.1) is 0 Å². The molecule has 2 fully saturated rings. The first kappa shape index (κ1) is 13.9. The molecule has 1 aromatic carbocycles. The summed E-state index contributed by atoms with van der Waals surface area (Å²) in [5.74, 6) is 2.28. The Morgan fingerprint density at radius 2 is 2.05 bits per heavy atom. The molecule has 2 saturated carbocycles. The van der Waals surface area contributed by atoms with Crippen molar-refractivity contribution < 1.29 is 9.50 Å². The predicted molar refractivity (Wildman–Crippen MR) is 78.3 cm³/mol. The lowest BCUT2D eigenvalue weighted by Gasteiger charge is -2.38. The normalized spacial score (nSPS) is 32.8. The lowest BCUT2D eigenvalue weighted by Crippen LogP contribution is -2.34. The molecule has 2 aliphatic carbocycles. The van der Waals surface area contributed by atoms with E-state index in [9.17, 15) is 9.50 Å². The van der Waals surface area contributed by atoms with E-state index in [1.807, 2.05) is 0 Å². The zero-order valence-corrected chi connectivity index (χ0v) is 12.3. The molecule has 1 aromatic rings.